The summed E-state index contributed by atoms with van der Waals surface area (Å²) in [6.45, 7) is 1.60. The van der Waals surface area contributed by atoms with E-state index in [4.69, 9.17) is 19.9 Å². The number of carbonyl (C=O) groups excluding carboxylic acids is 1. The highest BCUT2D eigenvalue weighted by Gasteiger charge is 2.17. The summed E-state index contributed by atoms with van der Waals surface area (Å²) >= 11 is 0. The Morgan fingerprint density at radius 2 is 1.67 bits per heavy atom. The first-order valence-corrected chi connectivity index (χ1v) is 5.40. The van der Waals surface area contributed by atoms with Crippen molar-refractivity contribution in [3.8, 4) is 17.2 Å². The van der Waals surface area contributed by atoms with Crippen molar-refractivity contribution < 1.29 is 19.0 Å². The van der Waals surface area contributed by atoms with E-state index in [0.29, 0.717) is 22.9 Å². The molecular weight excluding hydrogens is 236 g/mol. The summed E-state index contributed by atoms with van der Waals surface area (Å²) in [5, 5.41) is 2.66. The molecule has 0 saturated carbocycles. The summed E-state index contributed by atoms with van der Waals surface area (Å²) in [6.07, 6.45) is 0. The van der Waals surface area contributed by atoms with Crippen LogP contribution in [0.3, 0.4) is 0 Å². The number of hydrogen-bond donors (Lipinski definition) is 2. The topological polar surface area (TPSA) is 82.8 Å². The van der Waals surface area contributed by atoms with Gasteiger partial charge in [-0.3, -0.25) is 4.79 Å². The molecule has 6 nitrogen and oxygen atoms in total. The van der Waals surface area contributed by atoms with Crippen molar-refractivity contribution in [3.05, 3.63) is 12.1 Å². The third-order valence-corrected chi connectivity index (χ3v) is 2.38. The average Bonchev–Trinajstić information content (AvgIpc) is 2.38. The van der Waals surface area contributed by atoms with Crippen LogP contribution in [-0.4, -0.2) is 33.3 Å². The monoisotopic (exact) mass is 254 g/mol. The maximum absolute atomic E-state index is 11.6. The zero-order valence-corrected chi connectivity index (χ0v) is 10.9. The second-order valence-corrected chi connectivity index (χ2v) is 3.68. The first kappa shape index (κ1) is 14.1. The predicted molar refractivity (Wildman–Crippen MR) is 68.4 cm³/mol. The third-order valence-electron chi connectivity index (χ3n) is 2.38. The van der Waals surface area contributed by atoms with Gasteiger partial charge in [0.2, 0.25) is 5.91 Å². The lowest BCUT2D eigenvalue weighted by atomic mass is 10.2. The predicted octanol–water partition coefficient (Wildman–Crippen LogP) is 0.998. The minimum atomic E-state index is -0.624. The molecule has 1 rings (SSSR count). The molecule has 0 saturated heterocycles. The number of hydrogen-bond acceptors (Lipinski definition) is 5. The van der Waals surface area contributed by atoms with Crippen LogP contribution in [0.4, 0.5) is 5.69 Å². The molecule has 6 heteroatoms. The molecule has 0 bridgehead atoms. The van der Waals surface area contributed by atoms with Crippen LogP contribution in [0.15, 0.2) is 12.1 Å². The molecule has 3 N–H and O–H groups in total. The average molecular weight is 254 g/mol. The maximum Gasteiger partial charge on any atom is 0.241 e. The van der Waals surface area contributed by atoms with Crippen LogP contribution in [0, 0.1) is 0 Å². The van der Waals surface area contributed by atoms with Gasteiger partial charge in [0.1, 0.15) is 22.9 Å². The van der Waals surface area contributed by atoms with Crippen molar-refractivity contribution in [2.45, 2.75) is 13.0 Å². The van der Waals surface area contributed by atoms with E-state index in [0.717, 1.165) is 0 Å². The maximum atomic E-state index is 11.6. The quantitative estimate of drug-likeness (QED) is 0.819. The number of nitrogens with two attached hydrogens (primary N) is 1. The van der Waals surface area contributed by atoms with E-state index in [1.807, 2.05) is 0 Å². The molecule has 0 aromatic heterocycles. The summed E-state index contributed by atoms with van der Waals surface area (Å²) in [5.41, 5.74) is 5.94. The minimum absolute atomic E-state index is 0.322. The van der Waals surface area contributed by atoms with E-state index in [1.54, 1.807) is 19.1 Å². The van der Waals surface area contributed by atoms with Crippen molar-refractivity contribution >= 4 is 11.6 Å². The van der Waals surface area contributed by atoms with Crippen molar-refractivity contribution in [3.63, 3.8) is 0 Å². The fourth-order valence-electron chi connectivity index (χ4n) is 1.37. The van der Waals surface area contributed by atoms with Gasteiger partial charge >= 0.3 is 0 Å². The molecule has 100 valence electrons. The van der Waals surface area contributed by atoms with Crippen LogP contribution in [0.1, 0.15) is 6.92 Å². The fraction of sp³-hybridized carbons (Fsp3) is 0.417. The number of ether oxygens (including phenoxy) is 3. The summed E-state index contributed by atoms with van der Waals surface area (Å²) in [7, 11) is 4.53. The van der Waals surface area contributed by atoms with Crippen LogP contribution in [0.25, 0.3) is 0 Å². The molecule has 0 radical (unpaired) electrons. The summed E-state index contributed by atoms with van der Waals surface area (Å²) < 4.78 is 15.5. The van der Waals surface area contributed by atoms with Gasteiger partial charge in [-0.1, -0.05) is 0 Å². The standard InChI is InChI=1S/C12H18N2O4/c1-7(13)12(15)14-11-9(17-3)5-8(16-2)6-10(11)18-4/h5-7H,13H2,1-4H3,(H,14,15). The number of methoxy groups -OCH3 is 3. The second-order valence-electron chi connectivity index (χ2n) is 3.68. The highest BCUT2D eigenvalue weighted by atomic mass is 16.5. The molecule has 0 aliphatic heterocycles. The van der Waals surface area contributed by atoms with E-state index in [1.165, 1.54) is 21.3 Å². The molecule has 0 heterocycles. The fourth-order valence-corrected chi connectivity index (χ4v) is 1.37. The summed E-state index contributed by atoms with van der Waals surface area (Å²) in [6, 6.07) is 2.68. The first-order valence-electron chi connectivity index (χ1n) is 5.40. The van der Waals surface area contributed by atoms with Gasteiger partial charge in [-0.15, -0.1) is 0 Å². The molecule has 18 heavy (non-hydrogen) atoms. The zero-order chi connectivity index (χ0) is 13.7. The zero-order valence-electron chi connectivity index (χ0n) is 10.9. The molecule has 1 aromatic rings. The van der Waals surface area contributed by atoms with Crippen molar-refractivity contribution in [2.24, 2.45) is 5.73 Å². The Labute approximate surface area is 106 Å². The minimum Gasteiger partial charge on any atom is -0.496 e. The van der Waals surface area contributed by atoms with Gasteiger partial charge in [0.25, 0.3) is 0 Å². The molecule has 0 spiro atoms. The van der Waals surface area contributed by atoms with Crippen molar-refractivity contribution in [1.29, 1.82) is 0 Å². The Hall–Kier alpha value is -1.95. The Balaban J connectivity index is 3.18. The number of anilines is 1. The van der Waals surface area contributed by atoms with E-state index in [-0.39, 0.29) is 5.91 Å². The molecule has 1 unspecified atom stereocenters. The van der Waals surface area contributed by atoms with Gasteiger partial charge in [-0.25, -0.2) is 0 Å². The van der Waals surface area contributed by atoms with Gasteiger partial charge < -0.3 is 25.3 Å². The molecule has 0 aliphatic carbocycles. The molecule has 1 amide bonds. The number of rotatable bonds is 5. The van der Waals surface area contributed by atoms with Crippen LogP contribution in [0.5, 0.6) is 17.2 Å². The number of carbonyl (C=O) groups is 1. The van der Waals surface area contributed by atoms with Gasteiger partial charge in [-0.2, -0.15) is 0 Å². The summed E-state index contributed by atoms with van der Waals surface area (Å²) in [5.74, 6) is 1.14. The van der Waals surface area contributed by atoms with Crippen LogP contribution >= 0.6 is 0 Å². The normalized spacial score (nSPS) is 11.6. The van der Waals surface area contributed by atoms with Gasteiger partial charge in [0.15, 0.2) is 0 Å². The largest absolute Gasteiger partial charge is 0.496 e. The molecule has 1 atom stereocenters. The third kappa shape index (κ3) is 3.04. The Morgan fingerprint density at radius 1 is 1.17 bits per heavy atom. The second kappa shape index (κ2) is 6.11. The highest BCUT2D eigenvalue weighted by molar-refractivity contribution is 5.97. The molecular formula is C12H18N2O4. The lowest BCUT2D eigenvalue weighted by Gasteiger charge is -2.16. The molecule has 1 aromatic carbocycles. The Bertz CT molecular complexity index is 407. The highest BCUT2D eigenvalue weighted by Crippen LogP contribution is 2.38. The van der Waals surface area contributed by atoms with Gasteiger partial charge in [-0.05, 0) is 6.92 Å². The van der Waals surface area contributed by atoms with Crippen LogP contribution in [0.2, 0.25) is 0 Å². The first-order chi connectivity index (χ1) is 8.53. The van der Waals surface area contributed by atoms with Crippen LogP contribution in [-0.2, 0) is 4.79 Å². The van der Waals surface area contributed by atoms with Gasteiger partial charge in [0.05, 0.1) is 27.4 Å². The van der Waals surface area contributed by atoms with Crippen LogP contribution < -0.4 is 25.3 Å². The van der Waals surface area contributed by atoms with E-state index < -0.39 is 6.04 Å². The van der Waals surface area contributed by atoms with Crippen molar-refractivity contribution in [2.75, 3.05) is 26.6 Å². The van der Waals surface area contributed by atoms with E-state index in [9.17, 15) is 4.79 Å². The number of amides is 1. The summed E-state index contributed by atoms with van der Waals surface area (Å²) in [4.78, 5) is 11.6. The Morgan fingerprint density at radius 3 is 2.00 bits per heavy atom. The van der Waals surface area contributed by atoms with Gasteiger partial charge in [0, 0.05) is 12.1 Å². The van der Waals surface area contributed by atoms with E-state index in [2.05, 4.69) is 5.32 Å². The smallest absolute Gasteiger partial charge is 0.241 e. The number of nitrogens with one attached hydrogen (secondary N) is 1. The number of benzene rings is 1. The Kier molecular flexibility index (Phi) is 4.79. The molecule has 0 fully saturated rings. The lowest BCUT2D eigenvalue weighted by Crippen LogP contribution is -2.32. The SMILES string of the molecule is COc1cc(OC)c(NC(=O)C(C)N)c(OC)c1. The van der Waals surface area contributed by atoms with Crippen molar-refractivity contribution in [1.82, 2.24) is 0 Å². The lowest BCUT2D eigenvalue weighted by molar-refractivity contribution is -0.117. The van der Waals surface area contributed by atoms with E-state index >= 15 is 0 Å². The molecule has 0 aliphatic rings.